The molecule has 0 bridgehead atoms. The molecule has 3 saturated heterocycles. The number of likely N-dealkylation sites (N-methyl/N-ethyl adjacent to an activating group) is 1. The Labute approximate surface area is 119 Å². The molecule has 1 N–H and O–H groups in total. The summed E-state index contributed by atoms with van der Waals surface area (Å²) in [7, 11) is 1.98. The number of amides is 2. The Bertz CT molecular complexity index is 433. The van der Waals surface area contributed by atoms with E-state index in [-0.39, 0.29) is 17.9 Å². The lowest BCUT2D eigenvalue weighted by Gasteiger charge is -2.57. The molecule has 3 rings (SSSR count). The highest BCUT2D eigenvalue weighted by molar-refractivity contribution is 6.06. The van der Waals surface area contributed by atoms with Crippen LogP contribution >= 0.6 is 0 Å². The van der Waals surface area contributed by atoms with Crippen molar-refractivity contribution in [3.63, 3.8) is 0 Å². The van der Waals surface area contributed by atoms with Crippen LogP contribution in [0.15, 0.2) is 0 Å². The second-order valence-corrected chi connectivity index (χ2v) is 6.41. The summed E-state index contributed by atoms with van der Waals surface area (Å²) in [5.41, 5.74) is -0.571. The van der Waals surface area contributed by atoms with E-state index >= 15 is 0 Å². The number of aliphatic hydroxyl groups is 1. The third-order valence-corrected chi connectivity index (χ3v) is 4.82. The highest BCUT2D eigenvalue weighted by atomic mass is 16.3. The van der Waals surface area contributed by atoms with Crippen molar-refractivity contribution in [1.29, 1.82) is 0 Å². The van der Waals surface area contributed by atoms with Gasteiger partial charge in [0.2, 0.25) is 5.91 Å². The first-order valence-electron chi connectivity index (χ1n) is 7.49. The number of aliphatic hydroxyl groups excluding tert-OH is 1. The van der Waals surface area contributed by atoms with Crippen molar-refractivity contribution < 1.29 is 14.7 Å². The zero-order chi connectivity index (χ0) is 14.5. The predicted molar refractivity (Wildman–Crippen MR) is 73.0 cm³/mol. The molecule has 0 aromatic heterocycles. The summed E-state index contributed by atoms with van der Waals surface area (Å²) in [4.78, 5) is 30.8. The molecular weight excluding hydrogens is 258 g/mol. The molecule has 3 aliphatic rings. The number of hydrogen-bond acceptors (Lipinski definition) is 5. The van der Waals surface area contributed by atoms with Gasteiger partial charge in [-0.3, -0.25) is 19.4 Å². The average molecular weight is 281 g/mol. The first-order chi connectivity index (χ1) is 9.49. The number of nitrogens with zero attached hydrogens (tertiary/aromatic N) is 3. The van der Waals surface area contributed by atoms with Gasteiger partial charge >= 0.3 is 0 Å². The van der Waals surface area contributed by atoms with Crippen molar-refractivity contribution in [3.05, 3.63) is 0 Å². The number of β-amino-alcohol motifs (C(OH)–C–C–N with tert-alkyl or cyclic N) is 1. The molecule has 0 aliphatic carbocycles. The summed E-state index contributed by atoms with van der Waals surface area (Å²) in [6.07, 6.45) is 1.77. The lowest BCUT2D eigenvalue weighted by molar-refractivity contribution is -0.178. The fraction of sp³-hybridized carbons (Fsp3) is 0.857. The van der Waals surface area contributed by atoms with Gasteiger partial charge in [0.25, 0.3) is 5.91 Å². The van der Waals surface area contributed by atoms with Gasteiger partial charge in [0.05, 0.1) is 12.1 Å². The van der Waals surface area contributed by atoms with Crippen LogP contribution < -0.4 is 0 Å². The maximum absolute atomic E-state index is 12.8. The molecular formula is C14H23N3O3. The van der Waals surface area contributed by atoms with Crippen LogP contribution in [0.1, 0.15) is 26.2 Å². The van der Waals surface area contributed by atoms with Crippen molar-refractivity contribution in [1.82, 2.24) is 14.7 Å². The number of likely N-dealkylation sites (tertiary alicyclic amines) is 1. The normalized spacial score (nSPS) is 33.6. The summed E-state index contributed by atoms with van der Waals surface area (Å²) < 4.78 is 0. The maximum atomic E-state index is 12.8. The largest absolute Gasteiger partial charge is 0.392 e. The molecule has 0 aromatic carbocycles. The lowest BCUT2D eigenvalue weighted by atomic mass is 9.83. The first kappa shape index (κ1) is 14.0. The van der Waals surface area contributed by atoms with Gasteiger partial charge in [0, 0.05) is 26.2 Å². The van der Waals surface area contributed by atoms with Gasteiger partial charge in [-0.1, -0.05) is 13.3 Å². The van der Waals surface area contributed by atoms with E-state index in [2.05, 4.69) is 11.8 Å². The van der Waals surface area contributed by atoms with Gasteiger partial charge in [-0.05, 0) is 19.9 Å². The fourth-order valence-corrected chi connectivity index (χ4v) is 3.87. The lowest BCUT2D eigenvalue weighted by Crippen LogP contribution is -2.81. The number of fused-ring (bicyclic) bond motifs is 2. The molecule has 6 nitrogen and oxygen atoms in total. The Morgan fingerprint density at radius 3 is 2.65 bits per heavy atom. The molecule has 2 atom stereocenters. The average Bonchev–Trinajstić information content (AvgIpc) is 2.76. The SMILES string of the molecule is CCCCN1C(=O)[C@@H]2C[C@@H](O)CN2C2(CN(C)C2)C1=O. The summed E-state index contributed by atoms with van der Waals surface area (Å²) >= 11 is 0. The van der Waals surface area contributed by atoms with Crippen LogP contribution in [0.5, 0.6) is 0 Å². The molecule has 0 aromatic rings. The van der Waals surface area contributed by atoms with Gasteiger partial charge in [-0.25, -0.2) is 0 Å². The van der Waals surface area contributed by atoms with Crippen LogP contribution in [0.4, 0.5) is 0 Å². The molecule has 0 radical (unpaired) electrons. The van der Waals surface area contributed by atoms with Gasteiger partial charge < -0.3 is 10.0 Å². The van der Waals surface area contributed by atoms with Crippen LogP contribution in [0.3, 0.4) is 0 Å². The summed E-state index contributed by atoms with van der Waals surface area (Å²) in [5.74, 6) is -0.167. The highest BCUT2D eigenvalue weighted by Gasteiger charge is 2.63. The minimum atomic E-state index is -0.571. The minimum absolute atomic E-state index is 0.0561. The van der Waals surface area contributed by atoms with E-state index in [1.165, 1.54) is 4.90 Å². The highest BCUT2D eigenvalue weighted by Crippen LogP contribution is 2.39. The van der Waals surface area contributed by atoms with Crippen molar-refractivity contribution in [2.75, 3.05) is 33.2 Å². The Morgan fingerprint density at radius 2 is 2.05 bits per heavy atom. The number of carbonyl (C=O) groups is 2. The third kappa shape index (κ3) is 1.82. The van der Waals surface area contributed by atoms with Gasteiger partial charge in [0.15, 0.2) is 0 Å². The van der Waals surface area contributed by atoms with E-state index in [1.807, 2.05) is 11.9 Å². The number of piperazine rings is 1. The Morgan fingerprint density at radius 1 is 1.35 bits per heavy atom. The van der Waals surface area contributed by atoms with Crippen LogP contribution in [0.2, 0.25) is 0 Å². The Hall–Kier alpha value is -0.980. The number of rotatable bonds is 3. The van der Waals surface area contributed by atoms with Crippen LogP contribution in [-0.4, -0.2) is 82.5 Å². The van der Waals surface area contributed by atoms with E-state index < -0.39 is 11.6 Å². The molecule has 3 heterocycles. The number of imide groups is 1. The van der Waals surface area contributed by atoms with Crippen molar-refractivity contribution >= 4 is 11.8 Å². The Balaban J connectivity index is 1.89. The van der Waals surface area contributed by atoms with E-state index in [0.29, 0.717) is 32.6 Å². The smallest absolute Gasteiger partial charge is 0.252 e. The standard InChI is InChI=1S/C14H23N3O3/c1-3-4-5-16-12(19)11-6-10(18)7-17(11)14(13(16)20)8-15(2)9-14/h10-11,18H,3-9H2,1-2H3/t10-,11+/m1/s1. The fourth-order valence-electron chi connectivity index (χ4n) is 3.87. The van der Waals surface area contributed by atoms with Crippen molar-refractivity contribution in [3.8, 4) is 0 Å². The van der Waals surface area contributed by atoms with E-state index in [4.69, 9.17) is 0 Å². The van der Waals surface area contributed by atoms with Crippen LogP contribution in [0, 0.1) is 0 Å². The van der Waals surface area contributed by atoms with Crippen LogP contribution in [0.25, 0.3) is 0 Å². The molecule has 2 amide bonds. The summed E-state index contributed by atoms with van der Waals surface area (Å²) in [6, 6.07) is -0.312. The van der Waals surface area contributed by atoms with E-state index in [0.717, 1.165) is 12.8 Å². The third-order valence-electron chi connectivity index (χ3n) is 4.82. The monoisotopic (exact) mass is 281 g/mol. The number of unbranched alkanes of at least 4 members (excludes halogenated alkanes) is 1. The van der Waals surface area contributed by atoms with E-state index in [9.17, 15) is 14.7 Å². The molecule has 0 saturated carbocycles. The van der Waals surface area contributed by atoms with Crippen LogP contribution in [-0.2, 0) is 9.59 Å². The zero-order valence-corrected chi connectivity index (χ0v) is 12.2. The molecule has 1 spiro atoms. The summed E-state index contributed by atoms with van der Waals surface area (Å²) in [5, 5.41) is 9.91. The van der Waals surface area contributed by atoms with Gasteiger partial charge in [0.1, 0.15) is 5.54 Å². The van der Waals surface area contributed by atoms with Gasteiger partial charge in [-0.15, -0.1) is 0 Å². The molecule has 6 heteroatoms. The first-order valence-corrected chi connectivity index (χ1v) is 7.49. The molecule has 20 heavy (non-hydrogen) atoms. The van der Waals surface area contributed by atoms with Crippen molar-refractivity contribution in [2.45, 2.75) is 43.9 Å². The van der Waals surface area contributed by atoms with Gasteiger partial charge in [-0.2, -0.15) is 0 Å². The topological polar surface area (TPSA) is 64.1 Å². The molecule has 3 fully saturated rings. The zero-order valence-electron chi connectivity index (χ0n) is 12.2. The second kappa shape index (κ2) is 4.79. The predicted octanol–water partition coefficient (Wildman–Crippen LogP) is -0.725. The number of carbonyl (C=O) groups excluding carboxylic acids is 2. The number of hydrogen-bond donors (Lipinski definition) is 1. The Kier molecular flexibility index (Phi) is 3.35. The molecule has 0 unspecified atom stereocenters. The minimum Gasteiger partial charge on any atom is -0.392 e. The molecule has 3 aliphatic heterocycles. The van der Waals surface area contributed by atoms with E-state index in [1.54, 1.807) is 0 Å². The summed E-state index contributed by atoms with van der Waals surface area (Å²) in [6.45, 7) is 4.32. The van der Waals surface area contributed by atoms with Crippen molar-refractivity contribution in [2.24, 2.45) is 0 Å². The quantitative estimate of drug-likeness (QED) is 0.691. The second-order valence-electron chi connectivity index (χ2n) is 6.41. The molecule has 112 valence electrons. The maximum Gasteiger partial charge on any atom is 0.252 e.